The summed E-state index contributed by atoms with van der Waals surface area (Å²) in [4.78, 5) is 4.41. The first-order valence-corrected chi connectivity index (χ1v) is 9.32. The zero-order chi connectivity index (χ0) is 19.2. The van der Waals surface area contributed by atoms with E-state index in [1.165, 1.54) is 0 Å². The van der Waals surface area contributed by atoms with Crippen molar-refractivity contribution in [1.29, 1.82) is 5.26 Å². The number of para-hydroxylation sites is 2. The standard InChI is InChI=1S/C23H26N4/c1-3-13-26(2)16-18-14-20(15-24)23(19-9-5-4-6-10-19)27(17-18)22-12-8-7-11-21(22)25/h4-12,14,17,23H,3,13,16,25H2,1-2H3. The first-order valence-electron chi connectivity index (χ1n) is 9.32. The molecule has 0 amide bonds. The highest BCUT2D eigenvalue weighted by atomic mass is 15.2. The zero-order valence-electron chi connectivity index (χ0n) is 16.0. The van der Waals surface area contributed by atoms with E-state index in [-0.39, 0.29) is 6.04 Å². The third-order valence-electron chi connectivity index (χ3n) is 4.74. The average molecular weight is 358 g/mol. The molecule has 1 heterocycles. The maximum absolute atomic E-state index is 9.89. The zero-order valence-corrected chi connectivity index (χ0v) is 16.0. The SMILES string of the molecule is CCCN(C)CC1=CN(c2ccccc2N)C(c2ccccc2)C(C#N)=C1. The van der Waals surface area contributed by atoms with E-state index in [4.69, 9.17) is 5.73 Å². The van der Waals surface area contributed by atoms with Gasteiger partial charge in [-0.15, -0.1) is 0 Å². The number of hydrogen-bond donors (Lipinski definition) is 1. The Morgan fingerprint density at radius 1 is 1.11 bits per heavy atom. The van der Waals surface area contributed by atoms with Crippen molar-refractivity contribution < 1.29 is 0 Å². The van der Waals surface area contributed by atoms with Crippen LogP contribution in [-0.4, -0.2) is 25.0 Å². The second kappa shape index (κ2) is 8.57. The molecule has 0 fully saturated rings. The predicted octanol–water partition coefficient (Wildman–Crippen LogP) is 4.51. The molecule has 0 aromatic heterocycles. The van der Waals surface area contributed by atoms with Crippen molar-refractivity contribution in [3.8, 4) is 6.07 Å². The maximum atomic E-state index is 9.89. The van der Waals surface area contributed by atoms with Crippen LogP contribution >= 0.6 is 0 Å². The predicted molar refractivity (Wildman–Crippen MR) is 112 cm³/mol. The van der Waals surface area contributed by atoms with Crippen molar-refractivity contribution in [2.75, 3.05) is 30.8 Å². The first kappa shape index (κ1) is 18.8. The molecule has 1 atom stereocenters. The van der Waals surface area contributed by atoms with E-state index in [1.54, 1.807) is 0 Å². The second-order valence-electron chi connectivity index (χ2n) is 6.93. The molecule has 0 saturated heterocycles. The molecular weight excluding hydrogens is 332 g/mol. The molecular formula is C23H26N4. The number of benzene rings is 2. The van der Waals surface area contributed by atoms with Gasteiger partial charge in [0, 0.05) is 12.7 Å². The summed E-state index contributed by atoms with van der Waals surface area (Å²) in [6.45, 7) is 3.98. The lowest BCUT2D eigenvalue weighted by Gasteiger charge is -2.35. The Bertz CT molecular complexity index is 877. The number of nitrogen functional groups attached to an aromatic ring is 1. The van der Waals surface area contributed by atoms with Crippen LogP contribution in [0.25, 0.3) is 0 Å². The van der Waals surface area contributed by atoms with E-state index >= 15 is 0 Å². The van der Waals surface area contributed by atoms with Gasteiger partial charge in [-0.05, 0) is 49.4 Å². The molecule has 0 radical (unpaired) electrons. The molecule has 1 unspecified atom stereocenters. The van der Waals surface area contributed by atoms with Gasteiger partial charge in [-0.3, -0.25) is 0 Å². The highest BCUT2D eigenvalue weighted by Crippen LogP contribution is 2.39. The average Bonchev–Trinajstić information content (AvgIpc) is 2.68. The fourth-order valence-corrected chi connectivity index (χ4v) is 3.58. The minimum absolute atomic E-state index is 0.180. The lowest BCUT2D eigenvalue weighted by molar-refractivity contribution is 0.364. The summed E-state index contributed by atoms with van der Waals surface area (Å²) in [5, 5.41) is 9.89. The van der Waals surface area contributed by atoms with Crippen molar-refractivity contribution in [3.05, 3.63) is 83.6 Å². The summed E-state index contributed by atoms with van der Waals surface area (Å²) in [5.74, 6) is 0. The monoisotopic (exact) mass is 358 g/mol. The Labute approximate surface area is 161 Å². The van der Waals surface area contributed by atoms with Gasteiger partial charge in [0.2, 0.25) is 0 Å². The van der Waals surface area contributed by atoms with Gasteiger partial charge in [0.15, 0.2) is 0 Å². The number of rotatable bonds is 6. The highest BCUT2D eigenvalue weighted by molar-refractivity contribution is 5.72. The van der Waals surface area contributed by atoms with Gasteiger partial charge in [-0.2, -0.15) is 5.26 Å². The Kier molecular flexibility index (Phi) is 5.95. The van der Waals surface area contributed by atoms with E-state index in [1.807, 2.05) is 48.5 Å². The van der Waals surface area contributed by atoms with Crippen LogP contribution in [-0.2, 0) is 0 Å². The molecule has 0 spiro atoms. The van der Waals surface area contributed by atoms with Crippen molar-refractivity contribution in [3.63, 3.8) is 0 Å². The minimum Gasteiger partial charge on any atom is -0.397 e. The molecule has 0 aliphatic carbocycles. The molecule has 2 aromatic rings. The van der Waals surface area contributed by atoms with Crippen LogP contribution in [0.5, 0.6) is 0 Å². The van der Waals surface area contributed by atoms with Crippen molar-refractivity contribution >= 4 is 11.4 Å². The number of nitrogens with zero attached hydrogens (tertiary/aromatic N) is 3. The van der Waals surface area contributed by atoms with Crippen LogP contribution in [0.3, 0.4) is 0 Å². The van der Waals surface area contributed by atoms with Gasteiger partial charge in [-0.1, -0.05) is 49.4 Å². The topological polar surface area (TPSA) is 56.3 Å². The van der Waals surface area contributed by atoms with Crippen LogP contribution in [0.4, 0.5) is 11.4 Å². The Morgan fingerprint density at radius 3 is 2.48 bits per heavy atom. The smallest absolute Gasteiger partial charge is 0.0973 e. The molecule has 1 aliphatic heterocycles. The van der Waals surface area contributed by atoms with Gasteiger partial charge in [0.1, 0.15) is 0 Å². The van der Waals surface area contributed by atoms with Crippen LogP contribution in [0, 0.1) is 11.3 Å². The number of nitriles is 1. The molecule has 2 aromatic carbocycles. The second-order valence-corrected chi connectivity index (χ2v) is 6.93. The van der Waals surface area contributed by atoms with E-state index in [2.05, 4.69) is 48.2 Å². The lowest BCUT2D eigenvalue weighted by atomic mass is 9.92. The van der Waals surface area contributed by atoms with Gasteiger partial charge in [0.05, 0.1) is 29.1 Å². The van der Waals surface area contributed by atoms with Gasteiger partial charge in [0.25, 0.3) is 0 Å². The first-order chi connectivity index (χ1) is 13.1. The number of likely N-dealkylation sites (N-methyl/N-ethyl adjacent to an activating group) is 1. The molecule has 0 bridgehead atoms. The fourth-order valence-electron chi connectivity index (χ4n) is 3.58. The number of nitrogens with two attached hydrogens (primary N) is 1. The summed E-state index contributed by atoms with van der Waals surface area (Å²) in [5.41, 5.74) is 10.8. The summed E-state index contributed by atoms with van der Waals surface area (Å²) >= 11 is 0. The van der Waals surface area contributed by atoms with Crippen LogP contribution in [0.15, 0.2) is 78.0 Å². The highest BCUT2D eigenvalue weighted by Gasteiger charge is 2.28. The third kappa shape index (κ3) is 4.21. The van der Waals surface area contributed by atoms with E-state index < -0.39 is 0 Å². The molecule has 3 rings (SSSR count). The minimum atomic E-state index is -0.180. The molecule has 1 aliphatic rings. The van der Waals surface area contributed by atoms with Gasteiger partial charge in [-0.25, -0.2) is 0 Å². The van der Waals surface area contributed by atoms with Crippen molar-refractivity contribution in [2.45, 2.75) is 19.4 Å². The van der Waals surface area contributed by atoms with Crippen molar-refractivity contribution in [1.82, 2.24) is 4.90 Å². The largest absolute Gasteiger partial charge is 0.397 e. The molecule has 138 valence electrons. The van der Waals surface area contributed by atoms with Crippen LogP contribution < -0.4 is 10.6 Å². The summed E-state index contributed by atoms with van der Waals surface area (Å²) < 4.78 is 0. The summed E-state index contributed by atoms with van der Waals surface area (Å²) in [6.07, 6.45) is 5.26. The molecule has 4 heteroatoms. The Balaban J connectivity index is 2.07. The summed E-state index contributed by atoms with van der Waals surface area (Å²) in [7, 11) is 2.11. The Morgan fingerprint density at radius 2 is 1.81 bits per heavy atom. The molecule has 27 heavy (non-hydrogen) atoms. The Hall–Kier alpha value is -3.03. The molecule has 0 saturated carbocycles. The van der Waals surface area contributed by atoms with Gasteiger partial charge >= 0.3 is 0 Å². The molecule has 2 N–H and O–H groups in total. The number of anilines is 2. The third-order valence-corrected chi connectivity index (χ3v) is 4.74. The molecule has 4 nitrogen and oxygen atoms in total. The number of hydrogen-bond acceptors (Lipinski definition) is 4. The maximum Gasteiger partial charge on any atom is 0.0973 e. The van der Waals surface area contributed by atoms with E-state index in [9.17, 15) is 5.26 Å². The quantitative estimate of drug-likeness (QED) is 0.772. The van der Waals surface area contributed by atoms with E-state index in [0.29, 0.717) is 5.69 Å². The lowest BCUT2D eigenvalue weighted by Crippen LogP contribution is -2.31. The van der Waals surface area contributed by atoms with Gasteiger partial charge < -0.3 is 15.5 Å². The van der Waals surface area contributed by atoms with E-state index in [0.717, 1.165) is 41.9 Å². The normalized spacial score (nSPS) is 16.7. The van der Waals surface area contributed by atoms with Crippen LogP contribution in [0.2, 0.25) is 0 Å². The van der Waals surface area contributed by atoms with Crippen LogP contribution in [0.1, 0.15) is 24.9 Å². The fraction of sp³-hybridized carbons (Fsp3) is 0.261. The van der Waals surface area contributed by atoms with Crippen molar-refractivity contribution in [2.24, 2.45) is 0 Å². The summed E-state index contributed by atoms with van der Waals surface area (Å²) in [6, 6.07) is 20.2.